The van der Waals surface area contributed by atoms with Crippen molar-refractivity contribution in [3.63, 3.8) is 0 Å². The van der Waals surface area contributed by atoms with Crippen molar-refractivity contribution in [3.8, 4) is 0 Å². The van der Waals surface area contributed by atoms with E-state index in [1.165, 1.54) is 12.5 Å². The molecule has 0 saturated carbocycles. The Morgan fingerprint density at radius 2 is 2.14 bits per heavy atom. The molecule has 7 nitrogen and oxygen atoms in total. The van der Waals surface area contributed by atoms with Crippen LogP contribution in [-0.2, 0) is 28.3 Å². The van der Waals surface area contributed by atoms with Gasteiger partial charge in [0.1, 0.15) is 0 Å². The smallest absolute Gasteiger partial charge is 0.280 e. The zero-order valence-corrected chi connectivity index (χ0v) is 12.1. The first kappa shape index (κ1) is 13.6. The molecule has 3 rings (SSSR count). The molecule has 1 amide bonds. The Balaban J connectivity index is 1.87. The largest absolute Gasteiger partial charge is 0.339 e. The number of aromatic nitrogens is 2. The summed E-state index contributed by atoms with van der Waals surface area (Å²) in [6, 6.07) is 5.04. The van der Waals surface area contributed by atoms with Crippen LogP contribution in [0.3, 0.4) is 0 Å². The molecule has 1 aromatic heterocycles. The zero-order chi connectivity index (χ0) is 15.0. The summed E-state index contributed by atoms with van der Waals surface area (Å²) in [7, 11) is -2.00. The van der Waals surface area contributed by atoms with Gasteiger partial charge in [-0.1, -0.05) is 0 Å². The molecule has 21 heavy (non-hydrogen) atoms. The van der Waals surface area contributed by atoms with E-state index in [2.05, 4.69) is 15.0 Å². The molecule has 1 aliphatic heterocycles. The fourth-order valence-electron chi connectivity index (χ4n) is 2.18. The Morgan fingerprint density at radius 1 is 1.33 bits per heavy atom. The van der Waals surface area contributed by atoms with E-state index in [1.807, 2.05) is 0 Å². The lowest BCUT2D eigenvalue weighted by Gasteiger charge is -2.17. The highest BCUT2D eigenvalue weighted by atomic mass is 32.2. The molecule has 0 fully saturated rings. The fraction of sp³-hybridized carbons (Fsp3) is 0.231. The molecule has 2 heterocycles. The van der Waals surface area contributed by atoms with Gasteiger partial charge in [0.15, 0.2) is 5.03 Å². The second kappa shape index (κ2) is 4.88. The maximum Gasteiger partial charge on any atom is 0.280 e. The minimum absolute atomic E-state index is 0.0238. The standard InChI is InChI=1S/C13H14N4O3S/c1-17-7-13(14-8-17)21(19,20)16-10-3-4-11-9(6-10)2-5-12(18)15-11/h3-4,6-8,16H,2,5H2,1H3,(H,15,18). The van der Waals surface area contributed by atoms with Crippen LogP contribution in [0, 0.1) is 0 Å². The van der Waals surface area contributed by atoms with Gasteiger partial charge in [0, 0.05) is 31.0 Å². The molecule has 0 aliphatic carbocycles. The summed E-state index contributed by atoms with van der Waals surface area (Å²) in [5.41, 5.74) is 2.10. The van der Waals surface area contributed by atoms with Crippen LogP contribution in [0.2, 0.25) is 0 Å². The Morgan fingerprint density at radius 3 is 2.86 bits per heavy atom. The van der Waals surface area contributed by atoms with Crippen LogP contribution in [0.5, 0.6) is 0 Å². The number of anilines is 2. The Kier molecular flexibility index (Phi) is 3.17. The van der Waals surface area contributed by atoms with Gasteiger partial charge in [0.2, 0.25) is 5.91 Å². The van der Waals surface area contributed by atoms with Gasteiger partial charge in [0.25, 0.3) is 10.0 Å². The molecule has 110 valence electrons. The third kappa shape index (κ3) is 2.75. The van der Waals surface area contributed by atoms with Gasteiger partial charge in [-0.05, 0) is 30.2 Å². The first-order valence-electron chi connectivity index (χ1n) is 6.37. The number of hydrogen-bond donors (Lipinski definition) is 2. The number of carbonyl (C=O) groups excluding carboxylic acids is 1. The molecule has 0 spiro atoms. The minimum atomic E-state index is -3.70. The molecule has 0 unspecified atom stereocenters. The number of hydrogen-bond acceptors (Lipinski definition) is 4. The molecule has 2 N–H and O–H groups in total. The number of amides is 1. The second-order valence-corrected chi connectivity index (χ2v) is 6.53. The Hall–Kier alpha value is -2.35. The number of fused-ring (bicyclic) bond motifs is 1. The number of imidazole rings is 1. The molecule has 0 bridgehead atoms. The second-order valence-electron chi connectivity index (χ2n) is 4.90. The summed E-state index contributed by atoms with van der Waals surface area (Å²) in [5, 5.41) is 2.72. The average Bonchev–Trinajstić information content (AvgIpc) is 2.86. The van der Waals surface area contributed by atoms with E-state index in [1.54, 1.807) is 29.8 Å². The molecule has 0 saturated heterocycles. The van der Waals surface area contributed by atoms with Crippen molar-refractivity contribution in [1.82, 2.24) is 9.55 Å². The topological polar surface area (TPSA) is 93.1 Å². The lowest BCUT2D eigenvalue weighted by molar-refractivity contribution is -0.116. The summed E-state index contributed by atoms with van der Waals surface area (Å²) in [6.45, 7) is 0. The van der Waals surface area contributed by atoms with Crippen LogP contribution < -0.4 is 10.0 Å². The van der Waals surface area contributed by atoms with E-state index >= 15 is 0 Å². The highest BCUT2D eigenvalue weighted by Crippen LogP contribution is 2.26. The van der Waals surface area contributed by atoms with Crippen molar-refractivity contribution in [3.05, 3.63) is 36.3 Å². The summed E-state index contributed by atoms with van der Waals surface area (Å²) in [6.07, 6.45) is 3.86. The van der Waals surface area contributed by atoms with Crippen molar-refractivity contribution < 1.29 is 13.2 Å². The minimum Gasteiger partial charge on any atom is -0.339 e. The summed E-state index contributed by atoms with van der Waals surface area (Å²) >= 11 is 0. The average molecular weight is 306 g/mol. The molecule has 8 heteroatoms. The fourth-order valence-corrected chi connectivity index (χ4v) is 3.21. The number of carbonyl (C=O) groups is 1. The predicted octanol–water partition coefficient (Wildman–Crippen LogP) is 1.11. The van der Waals surface area contributed by atoms with E-state index in [0.29, 0.717) is 18.5 Å². The molecule has 1 aromatic carbocycles. The van der Waals surface area contributed by atoms with Crippen molar-refractivity contribution in [2.75, 3.05) is 10.0 Å². The van der Waals surface area contributed by atoms with Gasteiger partial charge in [-0.3, -0.25) is 9.52 Å². The quantitative estimate of drug-likeness (QED) is 0.888. The first-order chi connectivity index (χ1) is 9.94. The van der Waals surface area contributed by atoms with Gasteiger partial charge < -0.3 is 9.88 Å². The van der Waals surface area contributed by atoms with Crippen LogP contribution in [0.15, 0.2) is 35.7 Å². The lowest BCUT2D eigenvalue weighted by atomic mass is 10.0. The van der Waals surface area contributed by atoms with Crippen LogP contribution in [0.25, 0.3) is 0 Å². The number of benzene rings is 1. The first-order valence-corrected chi connectivity index (χ1v) is 7.86. The van der Waals surface area contributed by atoms with Crippen molar-refractivity contribution in [1.29, 1.82) is 0 Å². The zero-order valence-electron chi connectivity index (χ0n) is 11.3. The van der Waals surface area contributed by atoms with Gasteiger partial charge in [-0.25, -0.2) is 4.98 Å². The van der Waals surface area contributed by atoms with Crippen molar-refractivity contribution in [2.45, 2.75) is 17.9 Å². The number of nitrogens with one attached hydrogen (secondary N) is 2. The van der Waals surface area contributed by atoms with Gasteiger partial charge in [-0.2, -0.15) is 8.42 Å². The third-order valence-corrected chi connectivity index (χ3v) is 4.48. The lowest BCUT2D eigenvalue weighted by Crippen LogP contribution is -2.19. The van der Waals surface area contributed by atoms with E-state index in [4.69, 9.17) is 0 Å². The molecule has 0 atom stereocenters. The van der Waals surface area contributed by atoms with Crippen molar-refractivity contribution >= 4 is 27.3 Å². The van der Waals surface area contributed by atoms with E-state index in [9.17, 15) is 13.2 Å². The Bertz CT molecular complexity index is 811. The highest BCUT2D eigenvalue weighted by Gasteiger charge is 2.19. The summed E-state index contributed by atoms with van der Waals surface area (Å²) < 4.78 is 28.4. The molecular weight excluding hydrogens is 292 g/mol. The van der Waals surface area contributed by atoms with Gasteiger partial charge >= 0.3 is 0 Å². The highest BCUT2D eigenvalue weighted by molar-refractivity contribution is 7.92. The normalized spacial score (nSPS) is 14.4. The SMILES string of the molecule is Cn1cnc(S(=O)(=O)Nc2ccc3c(c2)CCC(=O)N3)c1. The molecular formula is C13H14N4O3S. The predicted molar refractivity (Wildman–Crippen MR) is 77.4 cm³/mol. The van der Waals surface area contributed by atoms with Crippen LogP contribution in [0.1, 0.15) is 12.0 Å². The maximum atomic E-state index is 12.2. The number of aryl methyl sites for hydroxylation is 2. The van der Waals surface area contributed by atoms with Gasteiger partial charge in [0.05, 0.1) is 6.33 Å². The van der Waals surface area contributed by atoms with E-state index in [0.717, 1.165) is 11.3 Å². The van der Waals surface area contributed by atoms with E-state index < -0.39 is 10.0 Å². The van der Waals surface area contributed by atoms with E-state index in [-0.39, 0.29) is 10.9 Å². The van der Waals surface area contributed by atoms with Crippen LogP contribution in [0.4, 0.5) is 11.4 Å². The monoisotopic (exact) mass is 306 g/mol. The number of nitrogens with zero attached hydrogens (tertiary/aromatic N) is 2. The van der Waals surface area contributed by atoms with Crippen LogP contribution in [-0.4, -0.2) is 23.9 Å². The Labute approximate surface area is 122 Å². The number of rotatable bonds is 3. The number of sulfonamides is 1. The maximum absolute atomic E-state index is 12.2. The van der Waals surface area contributed by atoms with Gasteiger partial charge in [-0.15, -0.1) is 0 Å². The summed E-state index contributed by atoms with van der Waals surface area (Å²) in [4.78, 5) is 15.1. The van der Waals surface area contributed by atoms with Crippen LogP contribution >= 0.6 is 0 Å². The third-order valence-electron chi connectivity index (χ3n) is 3.21. The summed E-state index contributed by atoms with van der Waals surface area (Å²) in [5.74, 6) is -0.0238. The molecule has 0 radical (unpaired) electrons. The molecule has 2 aromatic rings. The van der Waals surface area contributed by atoms with Crippen molar-refractivity contribution in [2.24, 2.45) is 7.05 Å². The molecule has 1 aliphatic rings.